The van der Waals surface area contributed by atoms with Crippen molar-refractivity contribution in [2.75, 3.05) is 26.8 Å². The van der Waals surface area contributed by atoms with Crippen LogP contribution in [0, 0.1) is 5.82 Å². The Morgan fingerprint density at radius 3 is 2.69 bits per heavy atom. The third-order valence-corrected chi connectivity index (χ3v) is 5.16. The highest BCUT2D eigenvalue weighted by Crippen LogP contribution is 2.44. The van der Waals surface area contributed by atoms with Gasteiger partial charge in [0.25, 0.3) is 0 Å². The summed E-state index contributed by atoms with van der Waals surface area (Å²) in [5.74, 6) is 0.538. The topological polar surface area (TPSA) is 30.9 Å². The first-order chi connectivity index (χ1) is 12.3. The molecule has 0 spiro atoms. The second-order valence-electron chi connectivity index (χ2n) is 8.33. The molecule has 0 bridgehead atoms. The standard InChI is InChI=1S/C21H32FNO3/c1-6-11-25-20-18(24-5)12-16-15(19(20)22)9-10-23-13-14(7-8-17(16)23)26-21(2,3)4/h12,14,17H,6-11,13H2,1-5H3. The predicted molar refractivity (Wildman–Crippen MR) is 101 cm³/mol. The minimum Gasteiger partial charge on any atom is -0.493 e. The van der Waals surface area contributed by atoms with Crippen LogP contribution in [0.1, 0.15) is 64.1 Å². The lowest BCUT2D eigenvalue weighted by Gasteiger charge is -2.45. The number of halogens is 1. The molecule has 2 unspecified atom stereocenters. The van der Waals surface area contributed by atoms with Crippen LogP contribution in [0.25, 0.3) is 0 Å². The van der Waals surface area contributed by atoms with Crippen LogP contribution in [-0.2, 0) is 11.2 Å². The van der Waals surface area contributed by atoms with Crippen molar-refractivity contribution >= 4 is 0 Å². The van der Waals surface area contributed by atoms with Crippen LogP contribution >= 0.6 is 0 Å². The van der Waals surface area contributed by atoms with Crippen LogP contribution in [-0.4, -0.2) is 43.4 Å². The van der Waals surface area contributed by atoms with Crippen molar-refractivity contribution in [2.45, 2.75) is 71.1 Å². The molecule has 146 valence electrons. The molecule has 2 aliphatic heterocycles. The summed E-state index contributed by atoms with van der Waals surface area (Å²) in [5, 5.41) is 0. The number of nitrogens with zero attached hydrogens (tertiary/aromatic N) is 1. The van der Waals surface area contributed by atoms with E-state index < -0.39 is 0 Å². The summed E-state index contributed by atoms with van der Waals surface area (Å²) >= 11 is 0. The van der Waals surface area contributed by atoms with E-state index in [1.165, 1.54) is 0 Å². The van der Waals surface area contributed by atoms with Crippen molar-refractivity contribution in [1.29, 1.82) is 0 Å². The fourth-order valence-electron chi connectivity index (χ4n) is 4.16. The largest absolute Gasteiger partial charge is 0.493 e. The van der Waals surface area contributed by atoms with Gasteiger partial charge in [0, 0.05) is 19.1 Å². The second-order valence-corrected chi connectivity index (χ2v) is 8.33. The molecule has 5 heteroatoms. The Morgan fingerprint density at radius 2 is 2.04 bits per heavy atom. The highest BCUT2D eigenvalue weighted by atomic mass is 19.1. The molecular formula is C21H32FNO3. The average molecular weight is 365 g/mol. The summed E-state index contributed by atoms with van der Waals surface area (Å²) in [6, 6.07) is 2.23. The summed E-state index contributed by atoms with van der Waals surface area (Å²) in [6.07, 6.45) is 3.76. The number of hydrogen-bond acceptors (Lipinski definition) is 4. The first-order valence-electron chi connectivity index (χ1n) is 9.78. The van der Waals surface area contributed by atoms with Gasteiger partial charge >= 0.3 is 0 Å². The van der Waals surface area contributed by atoms with E-state index in [1.807, 2.05) is 13.0 Å². The lowest BCUT2D eigenvalue weighted by Crippen LogP contribution is -2.47. The van der Waals surface area contributed by atoms with Crippen molar-refractivity contribution in [1.82, 2.24) is 4.90 Å². The Kier molecular flexibility index (Phi) is 5.78. The van der Waals surface area contributed by atoms with E-state index in [4.69, 9.17) is 14.2 Å². The van der Waals surface area contributed by atoms with E-state index in [2.05, 4.69) is 25.7 Å². The number of benzene rings is 1. The van der Waals surface area contributed by atoms with Crippen LogP contribution in [0.4, 0.5) is 4.39 Å². The first kappa shape index (κ1) is 19.4. The molecule has 2 atom stereocenters. The average Bonchev–Trinajstić information content (AvgIpc) is 2.58. The monoisotopic (exact) mass is 365 g/mol. The van der Waals surface area contributed by atoms with E-state index in [0.29, 0.717) is 18.8 Å². The molecule has 3 rings (SSSR count). The summed E-state index contributed by atoms with van der Waals surface area (Å²) in [7, 11) is 1.58. The van der Waals surface area contributed by atoms with Gasteiger partial charge in [0.05, 0.1) is 25.4 Å². The number of ether oxygens (including phenoxy) is 3. The molecule has 4 nitrogen and oxygen atoms in total. The number of piperidine rings is 1. The zero-order valence-corrected chi connectivity index (χ0v) is 16.7. The second kappa shape index (κ2) is 7.73. The van der Waals surface area contributed by atoms with Crippen molar-refractivity contribution in [3.8, 4) is 11.5 Å². The molecule has 1 saturated heterocycles. The van der Waals surface area contributed by atoms with E-state index in [0.717, 1.165) is 43.5 Å². The van der Waals surface area contributed by atoms with Gasteiger partial charge in [-0.05, 0) is 63.6 Å². The highest BCUT2D eigenvalue weighted by Gasteiger charge is 2.37. The SMILES string of the molecule is CCCOc1c(OC)cc2c(c1F)CCN1CC(OC(C)(C)C)CCC21. The Labute approximate surface area is 156 Å². The number of rotatable bonds is 5. The van der Waals surface area contributed by atoms with E-state index in [9.17, 15) is 0 Å². The maximum absolute atomic E-state index is 15.1. The van der Waals surface area contributed by atoms with Gasteiger partial charge in [0.15, 0.2) is 17.3 Å². The fraction of sp³-hybridized carbons (Fsp3) is 0.714. The summed E-state index contributed by atoms with van der Waals surface area (Å²) < 4.78 is 32.4. The molecule has 2 heterocycles. The van der Waals surface area contributed by atoms with Crippen LogP contribution in [0.5, 0.6) is 11.5 Å². The smallest absolute Gasteiger partial charge is 0.197 e. The molecule has 1 aromatic rings. The third kappa shape index (κ3) is 3.99. The third-order valence-electron chi connectivity index (χ3n) is 5.16. The minimum atomic E-state index is -0.236. The zero-order valence-electron chi connectivity index (χ0n) is 16.7. The lowest BCUT2D eigenvalue weighted by molar-refractivity contribution is -0.0972. The van der Waals surface area contributed by atoms with Crippen LogP contribution in [0.3, 0.4) is 0 Å². The van der Waals surface area contributed by atoms with Gasteiger partial charge in [0.2, 0.25) is 0 Å². The van der Waals surface area contributed by atoms with Gasteiger partial charge in [-0.15, -0.1) is 0 Å². The predicted octanol–water partition coefficient (Wildman–Crippen LogP) is 4.50. The molecule has 0 aliphatic carbocycles. The molecule has 0 saturated carbocycles. The van der Waals surface area contributed by atoms with E-state index in [1.54, 1.807) is 7.11 Å². The number of hydrogen-bond donors (Lipinski definition) is 0. The molecule has 1 fully saturated rings. The Bertz CT molecular complexity index is 641. The van der Waals surface area contributed by atoms with Crippen LogP contribution in [0.2, 0.25) is 0 Å². The minimum absolute atomic E-state index is 0.133. The fourth-order valence-corrected chi connectivity index (χ4v) is 4.16. The molecule has 0 aromatic heterocycles. The van der Waals surface area contributed by atoms with Gasteiger partial charge in [-0.3, -0.25) is 4.90 Å². The lowest BCUT2D eigenvalue weighted by atomic mass is 9.85. The van der Waals surface area contributed by atoms with Crippen molar-refractivity contribution in [2.24, 2.45) is 0 Å². The molecule has 0 N–H and O–H groups in total. The van der Waals surface area contributed by atoms with Crippen LogP contribution in [0.15, 0.2) is 6.07 Å². The molecular weight excluding hydrogens is 333 g/mol. The first-order valence-corrected chi connectivity index (χ1v) is 9.78. The van der Waals surface area contributed by atoms with Crippen molar-refractivity contribution < 1.29 is 18.6 Å². The summed E-state index contributed by atoms with van der Waals surface area (Å²) in [5.41, 5.74) is 1.73. The Hall–Kier alpha value is -1.33. The quantitative estimate of drug-likeness (QED) is 0.769. The van der Waals surface area contributed by atoms with Crippen LogP contribution < -0.4 is 9.47 Å². The molecule has 0 amide bonds. The molecule has 2 aliphatic rings. The Morgan fingerprint density at radius 1 is 1.27 bits per heavy atom. The van der Waals surface area contributed by atoms with Gasteiger partial charge in [-0.25, -0.2) is 4.39 Å². The van der Waals surface area contributed by atoms with E-state index >= 15 is 4.39 Å². The molecule has 0 radical (unpaired) electrons. The number of methoxy groups -OCH3 is 1. The van der Waals surface area contributed by atoms with Crippen molar-refractivity contribution in [3.05, 3.63) is 23.0 Å². The van der Waals surface area contributed by atoms with Gasteiger partial charge in [-0.2, -0.15) is 0 Å². The maximum atomic E-state index is 15.1. The maximum Gasteiger partial charge on any atom is 0.197 e. The molecule has 1 aromatic carbocycles. The summed E-state index contributed by atoms with van der Waals surface area (Å²) in [6.45, 7) is 10.6. The van der Waals surface area contributed by atoms with Gasteiger partial charge in [-0.1, -0.05) is 6.92 Å². The normalized spacial score (nSPS) is 23.3. The van der Waals surface area contributed by atoms with Gasteiger partial charge < -0.3 is 14.2 Å². The Balaban J connectivity index is 1.85. The zero-order chi connectivity index (χ0) is 18.9. The summed E-state index contributed by atoms with van der Waals surface area (Å²) in [4.78, 5) is 2.44. The highest BCUT2D eigenvalue weighted by molar-refractivity contribution is 5.51. The van der Waals surface area contributed by atoms with Crippen molar-refractivity contribution in [3.63, 3.8) is 0 Å². The number of fused-ring (bicyclic) bond motifs is 3. The van der Waals surface area contributed by atoms with Gasteiger partial charge in [0.1, 0.15) is 0 Å². The van der Waals surface area contributed by atoms with E-state index in [-0.39, 0.29) is 29.3 Å². The molecule has 26 heavy (non-hydrogen) atoms.